The van der Waals surface area contributed by atoms with Crippen molar-refractivity contribution in [1.29, 1.82) is 0 Å². The molecule has 1 rings (SSSR count). The van der Waals surface area contributed by atoms with Crippen molar-refractivity contribution in [1.82, 2.24) is 16.0 Å². The van der Waals surface area contributed by atoms with Crippen LogP contribution in [0.4, 0.5) is 0 Å². The van der Waals surface area contributed by atoms with Gasteiger partial charge in [-0.1, -0.05) is 6.42 Å². The van der Waals surface area contributed by atoms with Crippen LogP contribution in [0.15, 0.2) is 4.99 Å². The second kappa shape index (κ2) is 8.78. The normalized spacial score (nSPS) is 14.6. The van der Waals surface area contributed by atoms with Crippen LogP contribution in [0.5, 0.6) is 0 Å². The van der Waals surface area contributed by atoms with Crippen molar-refractivity contribution in [3.05, 3.63) is 0 Å². The topological polar surface area (TPSA) is 65.5 Å². The molecule has 0 aromatic carbocycles. The Kier molecular flexibility index (Phi) is 7.22. The van der Waals surface area contributed by atoms with E-state index in [1.165, 1.54) is 6.42 Å². The maximum Gasteiger partial charge on any atom is 0.223 e. The molecule has 0 atom stereocenters. The standard InChI is InChI=1S/C13H26N4O/c1-3-14-13(15-4-2)17-10-6-9-16-12(18)11-7-5-8-11/h11H,3-10H2,1-2H3,(H,16,18)(H2,14,15,17). The van der Waals surface area contributed by atoms with Crippen molar-refractivity contribution in [2.45, 2.75) is 39.5 Å². The van der Waals surface area contributed by atoms with Gasteiger partial charge >= 0.3 is 0 Å². The average Bonchev–Trinajstić information content (AvgIpc) is 2.26. The van der Waals surface area contributed by atoms with Crippen LogP contribution in [0.25, 0.3) is 0 Å². The Morgan fingerprint density at radius 3 is 2.33 bits per heavy atom. The van der Waals surface area contributed by atoms with Gasteiger partial charge in [0, 0.05) is 32.1 Å². The van der Waals surface area contributed by atoms with E-state index in [-0.39, 0.29) is 11.8 Å². The molecule has 1 amide bonds. The van der Waals surface area contributed by atoms with Crippen LogP contribution in [0.1, 0.15) is 39.5 Å². The Morgan fingerprint density at radius 1 is 1.17 bits per heavy atom. The number of carbonyl (C=O) groups is 1. The summed E-state index contributed by atoms with van der Waals surface area (Å²) in [5.41, 5.74) is 0. The summed E-state index contributed by atoms with van der Waals surface area (Å²) in [5.74, 6) is 1.36. The fourth-order valence-electron chi connectivity index (χ4n) is 1.81. The monoisotopic (exact) mass is 254 g/mol. The first kappa shape index (κ1) is 14.8. The molecule has 0 heterocycles. The van der Waals surface area contributed by atoms with Crippen LogP contribution in [-0.2, 0) is 4.79 Å². The minimum Gasteiger partial charge on any atom is -0.357 e. The summed E-state index contributed by atoms with van der Waals surface area (Å²) < 4.78 is 0. The predicted octanol–water partition coefficient (Wildman–Crippen LogP) is 0.868. The number of nitrogens with zero attached hydrogens (tertiary/aromatic N) is 1. The molecule has 0 aromatic heterocycles. The minimum atomic E-state index is 0.226. The van der Waals surface area contributed by atoms with E-state index in [1.54, 1.807) is 0 Å². The van der Waals surface area contributed by atoms with E-state index >= 15 is 0 Å². The van der Waals surface area contributed by atoms with E-state index in [9.17, 15) is 4.79 Å². The molecule has 104 valence electrons. The van der Waals surface area contributed by atoms with Gasteiger partial charge in [-0.2, -0.15) is 0 Å². The molecule has 1 aliphatic rings. The van der Waals surface area contributed by atoms with E-state index in [0.717, 1.165) is 51.4 Å². The second-order valence-corrected chi connectivity index (χ2v) is 4.56. The number of guanidine groups is 1. The van der Waals surface area contributed by atoms with Gasteiger partial charge in [0.1, 0.15) is 0 Å². The molecule has 0 spiro atoms. The summed E-state index contributed by atoms with van der Waals surface area (Å²) in [6, 6.07) is 0. The third-order valence-electron chi connectivity index (χ3n) is 3.07. The van der Waals surface area contributed by atoms with E-state index in [0.29, 0.717) is 0 Å². The number of rotatable bonds is 7. The van der Waals surface area contributed by atoms with Crippen molar-refractivity contribution in [2.75, 3.05) is 26.2 Å². The van der Waals surface area contributed by atoms with Gasteiger partial charge in [-0.05, 0) is 33.1 Å². The molecule has 0 bridgehead atoms. The number of aliphatic imine (C=N–C) groups is 1. The van der Waals surface area contributed by atoms with Crippen molar-refractivity contribution in [3.8, 4) is 0 Å². The molecule has 0 saturated heterocycles. The van der Waals surface area contributed by atoms with E-state index in [2.05, 4.69) is 20.9 Å². The number of nitrogens with one attached hydrogen (secondary N) is 3. The molecule has 0 aliphatic heterocycles. The first-order valence-corrected chi connectivity index (χ1v) is 7.07. The molecule has 3 N–H and O–H groups in total. The van der Waals surface area contributed by atoms with Crippen LogP contribution in [0.3, 0.4) is 0 Å². The molecular weight excluding hydrogens is 228 g/mol. The second-order valence-electron chi connectivity index (χ2n) is 4.56. The highest BCUT2D eigenvalue weighted by atomic mass is 16.1. The number of hydrogen-bond donors (Lipinski definition) is 3. The first-order chi connectivity index (χ1) is 8.77. The van der Waals surface area contributed by atoms with Crippen molar-refractivity contribution >= 4 is 11.9 Å². The SMILES string of the molecule is CCNC(=NCCCNC(=O)C1CCC1)NCC. The molecule has 1 saturated carbocycles. The summed E-state index contributed by atoms with van der Waals surface area (Å²) in [6.07, 6.45) is 4.22. The Bertz CT molecular complexity index is 266. The third-order valence-corrected chi connectivity index (χ3v) is 3.07. The lowest BCUT2D eigenvalue weighted by atomic mass is 9.85. The smallest absolute Gasteiger partial charge is 0.223 e. The largest absolute Gasteiger partial charge is 0.357 e. The zero-order chi connectivity index (χ0) is 13.2. The highest BCUT2D eigenvalue weighted by Gasteiger charge is 2.24. The highest BCUT2D eigenvalue weighted by Crippen LogP contribution is 2.25. The van der Waals surface area contributed by atoms with Crippen molar-refractivity contribution < 1.29 is 4.79 Å². The Hall–Kier alpha value is -1.26. The summed E-state index contributed by atoms with van der Waals surface area (Å²) in [7, 11) is 0. The lowest BCUT2D eigenvalue weighted by Crippen LogP contribution is -2.37. The van der Waals surface area contributed by atoms with Gasteiger partial charge in [0.2, 0.25) is 5.91 Å². The van der Waals surface area contributed by atoms with E-state index < -0.39 is 0 Å². The van der Waals surface area contributed by atoms with Gasteiger partial charge in [0.15, 0.2) is 5.96 Å². The molecule has 0 aromatic rings. The molecule has 5 heteroatoms. The molecule has 1 fully saturated rings. The maximum absolute atomic E-state index is 11.6. The molecule has 18 heavy (non-hydrogen) atoms. The zero-order valence-corrected chi connectivity index (χ0v) is 11.6. The molecular formula is C13H26N4O. The van der Waals surface area contributed by atoms with Crippen molar-refractivity contribution in [2.24, 2.45) is 10.9 Å². The maximum atomic E-state index is 11.6. The van der Waals surface area contributed by atoms with Crippen LogP contribution in [-0.4, -0.2) is 38.0 Å². The summed E-state index contributed by atoms with van der Waals surface area (Å²) in [4.78, 5) is 16.0. The zero-order valence-electron chi connectivity index (χ0n) is 11.6. The minimum absolute atomic E-state index is 0.226. The molecule has 0 radical (unpaired) electrons. The van der Waals surface area contributed by atoms with Gasteiger partial charge in [-0.25, -0.2) is 0 Å². The Morgan fingerprint density at radius 2 is 1.83 bits per heavy atom. The lowest BCUT2D eigenvalue weighted by molar-refractivity contribution is -0.127. The average molecular weight is 254 g/mol. The molecule has 0 unspecified atom stereocenters. The number of carbonyl (C=O) groups excluding carboxylic acids is 1. The predicted molar refractivity (Wildman–Crippen MR) is 74.6 cm³/mol. The number of hydrogen-bond acceptors (Lipinski definition) is 2. The fraction of sp³-hybridized carbons (Fsp3) is 0.846. The van der Waals surface area contributed by atoms with Crippen LogP contribution in [0, 0.1) is 5.92 Å². The van der Waals surface area contributed by atoms with Crippen LogP contribution >= 0.6 is 0 Å². The van der Waals surface area contributed by atoms with E-state index in [1.807, 2.05) is 13.8 Å². The van der Waals surface area contributed by atoms with Gasteiger partial charge < -0.3 is 16.0 Å². The fourth-order valence-corrected chi connectivity index (χ4v) is 1.81. The summed E-state index contributed by atoms with van der Waals surface area (Å²) in [6.45, 7) is 7.29. The van der Waals surface area contributed by atoms with Crippen LogP contribution in [0.2, 0.25) is 0 Å². The van der Waals surface area contributed by atoms with E-state index in [4.69, 9.17) is 0 Å². The van der Waals surface area contributed by atoms with Gasteiger partial charge in [-0.15, -0.1) is 0 Å². The summed E-state index contributed by atoms with van der Waals surface area (Å²) >= 11 is 0. The quantitative estimate of drug-likeness (QED) is 0.359. The van der Waals surface area contributed by atoms with Crippen LogP contribution < -0.4 is 16.0 Å². The third kappa shape index (κ3) is 5.38. The number of amides is 1. The highest BCUT2D eigenvalue weighted by molar-refractivity contribution is 5.80. The molecule has 1 aliphatic carbocycles. The van der Waals surface area contributed by atoms with Gasteiger partial charge in [-0.3, -0.25) is 9.79 Å². The lowest BCUT2D eigenvalue weighted by Gasteiger charge is -2.23. The summed E-state index contributed by atoms with van der Waals surface area (Å²) in [5, 5.41) is 9.32. The first-order valence-electron chi connectivity index (χ1n) is 7.07. The van der Waals surface area contributed by atoms with Gasteiger partial charge in [0.05, 0.1) is 0 Å². The Balaban J connectivity index is 2.08. The van der Waals surface area contributed by atoms with Gasteiger partial charge in [0.25, 0.3) is 0 Å². The Labute approximate surface area is 110 Å². The van der Waals surface area contributed by atoms with Crippen molar-refractivity contribution in [3.63, 3.8) is 0 Å². The molecule has 5 nitrogen and oxygen atoms in total.